The van der Waals surface area contributed by atoms with Crippen molar-refractivity contribution < 1.29 is 22.4 Å². The molecule has 8 nitrogen and oxygen atoms in total. The number of H-pyrrole nitrogens is 1. The molecule has 2 amide bonds. The third kappa shape index (κ3) is 4.43. The monoisotopic (exact) mass is 451 g/mol. The number of rotatable bonds is 3. The van der Waals surface area contributed by atoms with Gasteiger partial charge >= 0.3 is 12.2 Å². The average molecular weight is 451 g/mol. The van der Waals surface area contributed by atoms with Gasteiger partial charge in [-0.15, -0.1) is 0 Å². The Morgan fingerprint density at radius 1 is 1.28 bits per heavy atom. The zero-order chi connectivity index (χ0) is 23.0. The molecule has 0 spiro atoms. The van der Waals surface area contributed by atoms with Gasteiger partial charge in [-0.3, -0.25) is 10.4 Å². The molecule has 2 atom stereocenters. The van der Waals surface area contributed by atoms with Crippen LogP contribution in [-0.4, -0.2) is 63.4 Å². The van der Waals surface area contributed by atoms with Gasteiger partial charge in [0.25, 0.3) is 0 Å². The number of aromatic nitrogens is 4. The molecule has 0 bridgehead atoms. The first kappa shape index (κ1) is 21.8. The van der Waals surface area contributed by atoms with Crippen molar-refractivity contribution in [1.82, 2.24) is 25.1 Å². The van der Waals surface area contributed by atoms with E-state index in [1.54, 1.807) is 12.4 Å². The first-order chi connectivity index (χ1) is 15.1. The molecule has 2 N–H and O–H groups in total. The van der Waals surface area contributed by atoms with E-state index in [2.05, 4.69) is 25.5 Å². The third-order valence-electron chi connectivity index (χ3n) is 5.48. The number of fused-ring (bicyclic) bond motifs is 1. The summed E-state index contributed by atoms with van der Waals surface area (Å²) in [6.07, 6.45) is -2.33. The molecule has 1 saturated heterocycles. The Hall–Kier alpha value is -3.44. The minimum atomic E-state index is -4.57. The van der Waals surface area contributed by atoms with Gasteiger partial charge in [0.05, 0.1) is 36.2 Å². The lowest BCUT2D eigenvalue weighted by atomic mass is 10.0. The number of anilines is 2. The first-order valence-electron chi connectivity index (χ1n) is 9.89. The van der Waals surface area contributed by atoms with Crippen LogP contribution >= 0.6 is 0 Å². The van der Waals surface area contributed by atoms with E-state index in [9.17, 15) is 18.0 Å². The number of carbonyl (C=O) groups is 1. The second-order valence-electron chi connectivity index (χ2n) is 7.74. The van der Waals surface area contributed by atoms with E-state index in [-0.39, 0.29) is 18.1 Å². The van der Waals surface area contributed by atoms with Gasteiger partial charge in [0, 0.05) is 24.7 Å². The Kier molecular flexibility index (Phi) is 5.61. The number of halogens is 4. The van der Waals surface area contributed by atoms with Crippen LogP contribution in [0.25, 0.3) is 11.0 Å². The first-order valence-corrected chi connectivity index (χ1v) is 9.89. The second-order valence-corrected chi connectivity index (χ2v) is 7.74. The van der Waals surface area contributed by atoms with Crippen LogP contribution in [0.15, 0.2) is 30.6 Å². The number of alkyl halides is 4. The topological polar surface area (TPSA) is 90.0 Å². The van der Waals surface area contributed by atoms with Crippen molar-refractivity contribution in [2.24, 2.45) is 0 Å². The predicted octanol–water partition coefficient (Wildman–Crippen LogP) is 3.76. The van der Waals surface area contributed by atoms with Crippen LogP contribution in [0.2, 0.25) is 0 Å². The van der Waals surface area contributed by atoms with E-state index in [0.29, 0.717) is 18.6 Å². The van der Waals surface area contributed by atoms with Crippen LogP contribution in [0.5, 0.6) is 0 Å². The van der Waals surface area contributed by atoms with E-state index < -0.39 is 30.0 Å². The molecule has 32 heavy (non-hydrogen) atoms. The molecule has 2 unspecified atom stereocenters. The molecule has 0 radical (unpaired) electrons. The van der Waals surface area contributed by atoms with E-state index >= 15 is 4.39 Å². The van der Waals surface area contributed by atoms with Crippen molar-refractivity contribution in [3.8, 4) is 0 Å². The molecule has 1 fully saturated rings. The molecule has 0 saturated carbocycles. The van der Waals surface area contributed by atoms with Crippen molar-refractivity contribution in [3.63, 3.8) is 0 Å². The molecule has 0 aliphatic carbocycles. The van der Waals surface area contributed by atoms with E-state index in [0.717, 1.165) is 23.2 Å². The van der Waals surface area contributed by atoms with Crippen LogP contribution in [0.1, 0.15) is 17.7 Å². The molecule has 3 aromatic rings. The number of hydrogen-bond acceptors (Lipinski definition) is 5. The normalized spacial score (nSPS) is 19.2. The third-order valence-corrected chi connectivity index (χ3v) is 5.48. The van der Waals surface area contributed by atoms with Crippen LogP contribution in [-0.2, 0) is 6.18 Å². The number of amides is 2. The summed E-state index contributed by atoms with van der Waals surface area (Å²) >= 11 is 0. The van der Waals surface area contributed by atoms with Crippen LogP contribution in [0.3, 0.4) is 0 Å². The minimum Gasteiger partial charge on any atom is -0.367 e. The number of urea groups is 1. The Bertz CT molecular complexity index is 1130. The largest absolute Gasteiger partial charge is 0.416 e. The summed E-state index contributed by atoms with van der Waals surface area (Å²) in [5.74, 6) is -0.235. The van der Waals surface area contributed by atoms with Crippen molar-refractivity contribution in [1.29, 1.82) is 0 Å². The molecule has 4 heterocycles. The summed E-state index contributed by atoms with van der Waals surface area (Å²) in [5, 5.41) is 9.83. The summed E-state index contributed by atoms with van der Waals surface area (Å²) in [7, 11) is 1.42. The number of piperidine rings is 1. The number of nitrogens with zero attached hydrogens (tertiary/aromatic N) is 5. The van der Waals surface area contributed by atoms with Gasteiger partial charge in [0.15, 0.2) is 5.65 Å². The fourth-order valence-electron chi connectivity index (χ4n) is 3.81. The maximum atomic E-state index is 15.0. The second kappa shape index (κ2) is 8.24. The van der Waals surface area contributed by atoms with Gasteiger partial charge < -0.3 is 9.80 Å². The molecule has 170 valence electrons. The predicted molar refractivity (Wildman–Crippen MR) is 110 cm³/mol. The lowest BCUT2D eigenvalue weighted by Crippen LogP contribution is -2.54. The quantitative estimate of drug-likeness (QED) is 0.592. The van der Waals surface area contributed by atoms with Crippen molar-refractivity contribution >= 4 is 28.6 Å². The van der Waals surface area contributed by atoms with Crippen LogP contribution in [0.4, 0.5) is 33.9 Å². The molecule has 12 heteroatoms. The Labute approximate surface area is 180 Å². The van der Waals surface area contributed by atoms with Crippen molar-refractivity contribution in [2.75, 3.05) is 30.4 Å². The molecule has 1 aliphatic rings. The fourth-order valence-corrected chi connectivity index (χ4v) is 3.81. The maximum Gasteiger partial charge on any atom is 0.416 e. The lowest BCUT2D eigenvalue weighted by molar-refractivity contribution is -0.137. The SMILES string of the molecule is Cc1cc(C(F)(F)F)cc(NC(=O)N(C)C2CCN(c3cnc4[nH]ncc4c3)CC2F)n1. The zero-order valence-corrected chi connectivity index (χ0v) is 17.3. The van der Waals surface area contributed by atoms with Crippen molar-refractivity contribution in [2.45, 2.75) is 31.7 Å². The van der Waals surface area contributed by atoms with Gasteiger partial charge in [-0.25, -0.2) is 19.2 Å². The number of pyridine rings is 2. The Morgan fingerprint density at radius 3 is 2.78 bits per heavy atom. The highest BCUT2D eigenvalue weighted by Gasteiger charge is 2.35. The Balaban J connectivity index is 1.42. The molecular formula is C20H21F4N7O. The fraction of sp³-hybridized carbons (Fsp3) is 0.400. The highest BCUT2D eigenvalue weighted by atomic mass is 19.4. The molecular weight excluding hydrogens is 430 g/mol. The number of hydrogen-bond donors (Lipinski definition) is 2. The minimum absolute atomic E-state index is 0.0498. The highest BCUT2D eigenvalue weighted by molar-refractivity contribution is 5.88. The van der Waals surface area contributed by atoms with Gasteiger partial charge in [-0.05, 0) is 31.5 Å². The smallest absolute Gasteiger partial charge is 0.367 e. The number of carbonyl (C=O) groups excluding carboxylic acids is 1. The van der Waals surface area contributed by atoms with Gasteiger partial charge in [0.2, 0.25) is 0 Å². The van der Waals surface area contributed by atoms with E-state index in [1.807, 2.05) is 11.0 Å². The van der Waals surface area contributed by atoms with Gasteiger partial charge in [0.1, 0.15) is 12.0 Å². The Morgan fingerprint density at radius 2 is 2.06 bits per heavy atom. The number of aromatic amines is 1. The molecule has 1 aliphatic heterocycles. The highest BCUT2D eigenvalue weighted by Crippen LogP contribution is 2.31. The number of nitrogens with one attached hydrogen (secondary N) is 2. The van der Waals surface area contributed by atoms with Gasteiger partial charge in [-0.1, -0.05) is 0 Å². The van der Waals surface area contributed by atoms with Crippen LogP contribution in [0, 0.1) is 6.92 Å². The summed E-state index contributed by atoms with van der Waals surface area (Å²) in [6.45, 7) is 1.93. The van der Waals surface area contributed by atoms with Crippen LogP contribution < -0.4 is 10.2 Å². The van der Waals surface area contributed by atoms with E-state index in [4.69, 9.17) is 0 Å². The summed E-state index contributed by atoms with van der Waals surface area (Å²) in [6, 6.07) is 2.05. The summed E-state index contributed by atoms with van der Waals surface area (Å²) in [4.78, 5) is 23.8. The molecule has 3 aromatic heterocycles. The molecule has 0 aromatic carbocycles. The summed E-state index contributed by atoms with van der Waals surface area (Å²) < 4.78 is 54.1. The zero-order valence-electron chi connectivity index (χ0n) is 17.3. The van der Waals surface area contributed by atoms with E-state index in [1.165, 1.54) is 18.9 Å². The standard InChI is InChI=1S/C20H21F4N7O/c1-11-5-13(20(22,23)24)7-17(27-11)28-19(32)30(2)16-3-4-31(10-15(16)21)14-6-12-8-26-29-18(12)25-9-14/h5-9,15-16H,3-4,10H2,1-2H3,(H,25,26,29)(H,27,28,32). The molecule has 4 rings (SSSR count). The van der Waals surface area contributed by atoms with Gasteiger partial charge in [-0.2, -0.15) is 18.3 Å². The summed E-state index contributed by atoms with van der Waals surface area (Å²) in [5.41, 5.74) is 0.575. The maximum absolute atomic E-state index is 15.0. The number of aryl methyl sites for hydroxylation is 1. The van der Waals surface area contributed by atoms with Crippen molar-refractivity contribution in [3.05, 3.63) is 41.9 Å². The average Bonchev–Trinajstić information content (AvgIpc) is 3.20. The lowest BCUT2D eigenvalue weighted by Gasteiger charge is -2.39.